The quantitative estimate of drug-likeness (QED) is 0.748. The largest absolute Gasteiger partial charge is 0.250 e. The molecule has 0 N–H and O–H groups in total. The molecule has 1 unspecified atom stereocenters. The summed E-state index contributed by atoms with van der Waals surface area (Å²) in [5.74, 6) is 0.0566. The van der Waals surface area contributed by atoms with Gasteiger partial charge in [-0.3, -0.25) is 0 Å². The van der Waals surface area contributed by atoms with Crippen LogP contribution in [0.5, 0.6) is 0 Å². The standard InChI is InChI=1S/C7H7BrN2S/c8-4-6(5-9)3-7-10-1-2-11-7/h1-2,6H,3-4H2. The number of hydrogen-bond donors (Lipinski definition) is 0. The summed E-state index contributed by atoms with van der Waals surface area (Å²) in [6, 6.07) is 2.21. The van der Waals surface area contributed by atoms with Gasteiger partial charge in [0, 0.05) is 23.3 Å². The minimum absolute atomic E-state index is 0.0566. The van der Waals surface area contributed by atoms with E-state index in [0.29, 0.717) is 0 Å². The summed E-state index contributed by atoms with van der Waals surface area (Å²) in [5.41, 5.74) is 0. The van der Waals surface area contributed by atoms with E-state index in [2.05, 4.69) is 27.0 Å². The smallest absolute Gasteiger partial charge is 0.0938 e. The highest BCUT2D eigenvalue weighted by Crippen LogP contribution is 2.12. The molecule has 0 bridgehead atoms. The first-order valence-corrected chi connectivity index (χ1v) is 5.21. The van der Waals surface area contributed by atoms with Gasteiger partial charge in [-0.15, -0.1) is 11.3 Å². The maximum atomic E-state index is 8.62. The highest BCUT2D eigenvalue weighted by atomic mass is 79.9. The summed E-state index contributed by atoms with van der Waals surface area (Å²) in [6.45, 7) is 0. The van der Waals surface area contributed by atoms with Gasteiger partial charge in [-0.2, -0.15) is 5.26 Å². The third-order valence-electron chi connectivity index (χ3n) is 1.27. The summed E-state index contributed by atoms with van der Waals surface area (Å²) < 4.78 is 0. The zero-order valence-electron chi connectivity index (χ0n) is 5.83. The van der Waals surface area contributed by atoms with Gasteiger partial charge in [-0.05, 0) is 0 Å². The van der Waals surface area contributed by atoms with Crippen molar-refractivity contribution >= 4 is 27.3 Å². The minimum Gasteiger partial charge on any atom is -0.250 e. The number of hydrogen-bond acceptors (Lipinski definition) is 3. The molecule has 0 saturated carbocycles. The average molecular weight is 231 g/mol. The van der Waals surface area contributed by atoms with Crippen LogP contribution in [0.4, 0.5) is 0 Å². The van der Waals surface area contributed by atoms with Crippen molar-refractivity contribution in [2.24, 2.45) is 5.92 Å². The van der Waals surface area contributed by atoms with Crippen LogP contribution in [0, 0.1) is 17.2 Å². The van der Waals surface area contributed by atoms with Gasteiger partial charge in [-0.1, -0.05) is 15.9 Å². The average Bonchev–Trinajstić information content (AvgIpc) is 2.52. The predicted molar refractivity (Wildman–Crippen MR) is 48.7 cm³/mol. The SMILES string of the molecule is N#CC(CBr)Cc1nccs1. The topological polar surface area (TPSA) is 36.7 Å². The number of nitrogens with zero attached hydrogens (tertiary/aromatic N) is 2. The Morgan fingerprint density at radius 2 is 2.64 bits per heavy atom. The molecule has 0 amide bonds. The molecule has 4 heteroatoms. The fourth-order valence-corrected chi connectivity index (χ4v) is 1.77. The van der Waals surface area contributed by atoms with Gasteiger partial charge in [0.1, 0.15) is 0 Å². The van der Waals surface area contributed by atoms with Crippen LogP contribution >= 0.6 is 27.3 Å². The van der Waals surface area contributed by atoms with Crippen molar-refractivity contribution < 1.29 is 0 Å². The van der Waals surface area contributed by atoms with Crippen molar-refractivity contribution in [2.45, 2.75) is 6.42 Å². The summed E-state index contributed by atoms with van der Waals surface area (Å²) in [5, 5.41) is 12.3. The lowest BCUT2D eigenvalue weighted by Crippen LogP contribution is -2.02. The lowest BCUT2D eigenvalue weighted by Gasteiger charge is -1.99. The monoisotopic (exact) mass is 230 g/mol. The Morgan fingerprint density at radius 1 is 1.82 bits per heavy atom. The molecule has 1 aromatic heterocycles. The van der Waals surface area contributed by atoms with E-state index in [0.717, 1.165) is 16.8 Å². The second kappa shape index (κ2) is 4.47. The number of halogens is 1. The fraction of sp³-hybridized carbons (Fsp3) is 0.429. The summed E-state index contributed by atoms with van der Waals surface area (Å²) in [4.78, 5) is 4.10. The van der Waals surface area contributed by atoms with Crippen molar-refractivity contribution in [1.29, 1.82) is 5.26 Å². The molecular weight excluding hydrogens is 224 g/mol. The molecule has 0 radical (unpaired) electrons. The highest BCUT2D eigenvalue weighted by Gasteiger charge is 2.07. The van der Waals surface area contributed by atoms with Crippen molar-refractivity contribution in [3.05, 3.63) is 16.6 Å². The summed E-state index contributed by atoms with van der Waals surface area (Å²) in [7, 11) is 0. The molecular formula is C7H7BrN2S. The van der Waals surface area contributed by atoms with Crippen LogP contribution in [-0.4, -0.2) is 10.3 Å². The Labute approximate surface area is 78.0 Å². The number of nitriles is 1. The van der Waals surface area contributed by atoms with E-state index < -0.39 is 0 Å². The van der Waals surface area contributed by atoms with Gasteiger partial charge in [0.25, 0.3) is 0 Å². The van der Waals surface area contributed by atoms with E-state index >= 15 is 0 Å². The van der Waals surface area contributed by atoms with E-state index in [-0.39, 0.29) is 5.92 Å². The molecule has 0 aliphatic rings. The minimum atomic E-state index is 0.0566. The zero-order chi connectivity index (χ0) is 8.10. The molecule has 0 spiro atoms. The van der Waals surface area contributed by atoms with Crippen LogP contribution in [-0.2, 0) is 6.42 Å². The predicted octanol–water partition coefficient (Wildman–Crippen LogP) is 2.22. The molecule has 0 aliphatic carbocycles. The molecule has 0 aromatic carbocycles. The molecule has 1 aromatic rings. The first-order valence-electron chi connectivity index (χ1n) is 3.20. The highest BCUT2D eigenvalue weighted by molar-refractivity contribution is 9.09. The molecule has 58 valence electrons. The van der Waals surface area contributed by atoms with Crippen molar-refractivity contribution in [3.8, 4) is 6.07 Å². The first-order chi connectivity index (χ1) is 5.36. The lowest BCUT2D eigenvalue weighted by atomic mass is 10.1. The Morgan fingerprint density at radius 3 is 3.09 bits per heavy atom. The maximum absolute atomic E-state index is 8.62. The molecule has 2 nitrogen and oxygen atoms in total. The van der Waals surface area contributed by atoms with Crippen LogP contribution in [0.2, 0.25) is 0 Å². The summed E-state index contributed by atoms with van der Waals surface area (Å²) in [6.07, 6.45) is 2.53. The molecule has 1 atom stereocenters. The van der Waals surface area contributed by atoms with Gasteiger partial charge in [0.05, 0.1) is 17.0 Å². The normalized spacial score (nSPS) is 12.4. The van der Waals surface area contributed by atoms with Crippen molar-refractivity contribution in [1.82, 2.24) is 4.98 Å². The van der Waals surface area contributed by atoms with Gasteiger partial charge in [-0.25, -0.2) is 4.98 Å². The Bertz CT molecular complexity index is 239. The molecule has 11 heavy (non-hydrogen) atoms. The number of alkyl halides is 1. The van der Waals surface area contributed by atoms with E-state index in [1.54, 1.807) is 17.5 Å². The molecule has 0 aliphatic heterocycles. The van der Waals surface area contributed by atoms with Gasteiger partial charge in [0.15, 0.2) is 0 Å². The molecule has 1 heterocycles. The molecule has 1 rings (SSSR count). The van der Waals surface area contributed by atoms with E-state index in [1.165, 1.54) is 0 Å². The zero-order valence-corrected chi connectivity index (χ0v) is 8.23. The second-order valence-electron chi connectivity index (χ2n) is 2.11. The van der Waals surface area contributed by atoms with Crippen LogP contribution in [0.25, 0.3) is 0 Å². The first kappa shape index (κ1) is 8.69. The van der Waals surface area contributed by atoms with E-state index in [1.807, 2.05) is 5.38 Å². The Hall–Kier alpha value is -0.400. The van der Waals surface area contributed by atoms with Gasteiger partial charge < -0.3 is 0 Å². The lowest BCUT2D eigenvalue weighted by molar-refractivity contribution is 0.751. The number of aromatic nitrogens is 1. The number of thiazole rings is 1. The third kappa shape index (κ3) is 2.60. The maximum Gasteiger partial charge on any atom is 0.0938 e. The van der Waals surface area contributed by atoms with Crippen LogP contribution in [0.3, 0.4) is 0 Å². The van der Waals surface area contributed by atoms with Crippen molar-refractivity contribution in [3.63, 3.8) is 0 Å². The van der Waals surface area contributed by atoms with Gasteiger partial charge in [0.2, 0.25) is 0 Å². The van der Waals surface area contributed by atoms with E-state index in [4.69, 9.17) is 5.26 Å². The number of rotatable bonds is 3. The van der Waals surface area contributed by atoms with E-state index in [9.17, 15) is 0 Å². The van der Waals surface area contributed by atoms with Crippen LogP contribution < -0.4 is 0 Å². The van der Waals surface area contributed by atoms with Crippen LogP contribution in [0.15, 0.2) is 11.6 Å². The summed E-state index contributed by atoms with van der Waals surface area (Å²) >= 11 is 4.88. The third-order valence-corrected chi connectivity index (χ3v) is 2.86. The molecule has 0 fully saturated rings. The van der Waals surface area contributed by atoms with Crippen LogP contribution in [0.1, 0.15) is 5.01 Å². The van der Waals surface area contributed by atoms with Crippen molar-refractivity contribution in [2.75, 3.05) is 5.33 Å². The van der Waals surface area contributed by atoms with Gasteiger partial charge >= 0.3 is 0 Å². The molecule has 0 saturated heterocycles. The fourth-order valence-electron chi connectivity index (χ4n) is 0.699. The Balaban J connectivity index is 2.49. The Kier molecular flexibility index (Phi) is 3.53. The second-order valence-corrected chi connectivity index (χ2v) is 3.74.